The molecular formula is C15H10N6O3S. The van der Waals surface area contributed by atoms with Gasteiger partial charge in [0.2, 0.25) is 0 Å². The van der Waals surface area contributed by atoms with Crippen LogP contribution in [0.5, 0.6) is 0 Å². The van der Waals surface area contributed by atoms with Crippen molar-refractivity contribution >= 4 is 22.3 Å². The Morgan fingerprint density at radius 1 is 1.28 bits per heavy atom. The van der Waals surface area contributed by atoms with E-state index in [1.807, 2.05) is 0 Å². The number of hydrogen-bond acceptors (Lipinski definition) is 8. The highest BCUT2D eigenvalue weighted by atomic mass is 32.1. The molecule has 3 aromatic heterocycles. The molecule has 124 valence electrons. The van der Waals surface area contributed by atoms with Crippen molar-refractivity contribution in [1.29, 1.82) is 0 Å². The van der Waals surface area contributed by atoms with Gasteiger partial charge in [-0.15, -0.1) is 16.4 Å². The molecular weight excluding hydrogens is 344 g/mol. The largest absolute Gasteiger partial charge is 0.456 e. The number of tetrazole rings is 1. The van der Waals surface area contributed by atoms with Crippen LogP contribution in [0, 0.1) is 0 Å². The summed E-state index contributed by atoms with van der Waals surface area (Å²) in [4.78, 5) is 29.2. The zero-order valence-corrected chi connectivity index (χ0v) is 13.5. The van der Waals surface area contributed by atoms with E-state index < -0.39 is 5.97 Å². The fourth-order valence-electron chi connectivity index (χ4n) is 2.30. The smallest absolute Gasteiger partial charge is 0.340 e. The minimum absolute atomic E-state index is 0.105. The number of ether oxygens (including phenoxy) is 1. The summed E-state index contributed by atoms with van der Waals surface area (Å²) in [7, 11) is 0. The van der Waals surface area contributed by atoms with Crippen LogP contribution in [0.4, 0.5) is 0 Å². The maximum Gasteiger partial charge on any atom is 0.340 e. The number of aromatic nitrogens is 6. The number of fused-ring (bicyclic) bond motifs is 1. The molecule has 4 rings (SSSR count). The maximum absolute atomic E-state index is 12.4. The summed E-state index contributed by atoms with van der Waals surface area (Å²) < 4.78 is 8.11. The van der Waals surface area contributed by atoms with Crippen molar-refractivity contribution in [2.75, 3.05) is 0 Å². The first-order valence-electron chi connectivity index (χ1n) is 7.18. The number of hydrogen-bond donors (Lipinski definition) is 0. The van der Waals surface area contributed by atoms with Crippen LogP contribution < -0.4 is 5.56 Å². The molecule has 0 fully saturated rings. The zero-order chi connectivity index (χ0) is 17.2. The third-order valence-electron chi connectivity index (χ3n) is 3.43. The second-order valence-electron chi connectivity index (χ2n) is 4.99. The van der Waals surface area contributed by atoms with Crippen LogP contribution in [-0.4, -0.2) is 35.6 Å². The summed E-state index contributed by atoms with van der Waals surface area (Å²) in [5.74, 6) is -0.556. The van der Waals surface area contributed by atoms with Crippen molar-refractivity contribution in [2.45, 2.75) is 6.61 Å². The van der Waals surface area contributed by atoms with Crippen LogP contribution in [0.25, 0.3) is 10.6 Å². The predicted molar refractivity (Wildman–Crippen MR) is 87.6 cm³/mol. The van der Waals surface area contributed by atoms with Gasteiger partial charge in [0, 0.05) is 17.6 Å². The van der Waals surface area contributed by atoms with E-state index in [-0.39, 0.29) is 12.2 Å². The molecule has 10 heteroatoms. The monoisotopic (exact) mass is 354 g/mol. The highest BCUT2D eigenvalue weighted by Crippen LogP contribution is 2.15. The molecule has 0 atom stereocenters. The van der Waals surface area contributed by atoms with Gasteiger partial charge in [0.25, 0.3) is 5.56 Å². The Balaban J connectivity index is 1.57. The van der Waals surface area contributed by atoms with E-state index in [1.54, 1.807) is 35.8 Å². The lowest BCUT2D eigenvalue weighted by Gasteiger charge is -2.08. The number of carbonyl (C=O) groups is 1. The molecule has 0 radical (unpaired) electrons. The highest BCUT2D eigenvalue weighted by molar-refractivity contribution is 7.15. The Bertz CT molecular complexity index is 1100. The van der Waals surface area contributed by atoms with Gasteiger partial charge in [-0.1, -0.05) is 12.1 Å². The number of para-hydroxylation sites is 1. The molecule has 0 saturated heterocycles. The SMILES string of the molecule is O=C(OCc1cc(=O)n2ccsc2n1)c1ccccc1-n1cnnn1. The number of carbonyl (C=O) groups excluding carboxylic acids is 1. The summed E-state index contributed by atoms with van der Waals surface area (Å²) in [5.41, 5.74) is 0.982. The molecule has 0 N–H and O–H groups in total. The van der Waals surface area contributed by atoms with Crippen LogP contribution in [0.2, 0.25) is 0 Å². The normalized spacial score (nSPS) is 10.9. The number of esters is 1. The van der Waals surface area contributed by atoms with E-state index in [0.29, 0.717) is 21.9 Å². The molecule has 0 bridgehead atoms. The lowest BCUT2D eigenvalue weighted by atomic mass is 10.2. The molecule has 0 aliphatic heterocycles. The minimum atomic E-state index is -0.556. The fraction of sp³-hybridized carbons (Fsp3) is 0.0667. The first-order chi connectivity index (χ1) is 12.2. The van der Waals surface area contributed by atoms with E-state index in [9.17, 15) is 9.59 Å². The molecule has 0 saturated carbocycles. The van der Waals surface area contributed by atoms with Crippen LogP contribution in [0.1, 0.15) is 16.1 Å². The third-order valence-corrected chi connectivity index (χ3v) is 4.18. The molecule has 3 heterocycles. The summed E-state index contributed by atoms with van der Waals surface area (Å²) in [5, 5.41) is 12.7. The van der Waals surface area contributed by atoms with Gasteiger partial charge in [-0.3, -0.25) is 9.20 Å². The number of thiazole rings is 1. The summed E-state index contributed by atoms with van der Waals surface area (Å²) in [6, 6.07) is 8.15. The third kappa shape index (κ3) is 2.90. The fourth-order valence-corrected chi connectivity index (χ4v) is 3.04. The Hall–Kier alpha value is -3.40. The van der Waals surface area contributed by atoms with Gasteiger partial charge >= 0.3 is 5.97 Å². The van der Waals surface area contributed by atoms with Crippen molar-refractivity contribution in [1.82, 2.24) is 29.6 Å². The van der Waals surface area contributed by atoms with E-state index in [4.69, 9.17) is 4.74 Å². The Kier molecular flexibility index (Phi) is 3.78. The van der Waals surface area contributed by atoms with Gasteiger partial charge < -0.3 is 4.74 Å². The first kappa shape index (κ1) is 15.1. The summed E-state index contributed by atoms with van der Waals surface area (Å²) in [6.07, 6.45) is 3.03. The lowest BCUT2D eigenvalue weighted by molar-refractivity contribution is 0.0467. The molecule has 4 aromatic rings. The quantitative estimate of drug-likeness (QED) is 0.505. The Morgan fingerprint density at radius 2 is 2.16 bits per heavy atom. The van der Waals surface area contributed by atoms with Crippen LogP contribution in [-0.2, 0) is 11.3 Å². The van der Waals surface area contributed by atoms with Crippen molar-refractivity contribution in [3.05, 3.63) is 69.8 Å². The highest BCUT2D eigenvalue weighted by Gasteiger charge is 2.15. The molecule has 25 heavy (non-hydrogen) atoms. The van der Waals surface area contributed by atoms with Crippen LogP contribution >= 0.6 is 11.3 Å². The van der Waals surface area contributed by atoms with Gasteiger partial charge in [0.05, 0.1) is 16.9 Å². The average molecular weight is 354 g/mol. The van der Waals surface area contributed by atoms with Gasteiger partial charge in [0.15, 0.2) is 4.96 Å². The van der Waals surface area contributed by atoms with Gasteiger partial charge in [-0.05, 0) is 22.6 Å². The summed E-state index contributed by atoms with van der Waals surface area (Å²) >= 11 is 1.33. The van der Waals surface area contributed by atoms with Crippen LogP contribution in [0.15, 0.2) is 53.0 Å². The molecule has 0 spiro atoms. The maximum atomic E-state index is 12.4. The van der Waals surface area contributed by atoms with Crippen LogP contribution in [0.3, 0.4) is 0 Å². The van der Waals surface area contributed by atoms with Crippen molar-refractivity contribution < 1.29 is 9.53 Å². The second kappa shape index (κ2) is 6.24. The molecule has 0 unspecified atom stereocenters. The van der Waals surface area contributed by atoms with Gasteiger partial charge in [0.1, 0.15) is 12.9 Å². The van der Waals surface area contributed by atoms with Crippen molar-refractivity contribution in [2.24, 2.45) is 0 Å². The van der Waals surface area contributed by atoms with E-state index in [2.05, 4.69) is 20.5 Å². The van der Waals surface area contributed by atoms with Gasteiger partial charge in [-0.2, -0.15) is 4.68 Å². The standard InChI is InChI=1S/C15H10N6O3S/c22-13-7-10(17-15-20(13)5-6-25-15)8-24-14(23)11-3-1-2-4-12(11)21-9-16-18-19-21/h1-7,9H,8H2. The molecule has 1 aromatic carbocycles. The van der Waals surface area contributed by atoms with Gasteiger partial charge in [-0.25, -0.2) is 9.78 Å². The average Bonchev–Trinajstić information content (AvgIpc) is 3.31. The number of rotatable bonds is 4. The molecule has 9 nitrogen and oxygen atoms in total. The molecule has 0 aliphatic rings. The first-order valence-corrected chi connectivity index (χ1v) is 8.05. The molecule has 0 aliphatic carbocycles. The molecule has 0 amide bonds. The van der Waals surface area contributed by atoms with E-state index >= 15 is 0 Å². The number of nitrogens with zero attached hydrogens (tertiary/aromatic N) is 6. The zero-order valence-electron chi connectivity index (χ0n) is 12.6. The van der Waals surface area contributed by atoms with Crippen molar-refractivity contribution in [3.63, 3.8) is 0 Å². The van der Waals surface area contributed by atoms with E-state index in [1.165, 1.54) is 32.8 Å². The topological polar surface area (TPSA) is 104 Å². The number of benzene rings is 1. The lowest BCUT2D eigenvalue weighted by Crippen LogP contribution is -2.15. The second-order valence-corrected chi connectivity index (χ2v) is 5.86. The summed E-state index contributed by atoms with van der Waals surface area (Å²) in [6.45, 7) is -0.105. The van der Waals surface area contributed by atoms with Crippen molar-refractivity contribution in [3.8, 4) is 5.69 Å². The predicted octanol–water partition coefficient (Wildman–Crippen LogP) is 1.09. The van der Waals surface area contributed by atoms with E-state index in [0.717, 1.165) is 0 Å². The minimum Gasteiger partial charge on any atom is -0.456 e. The Morgan fingerprint density at radius 3 is 3.00 bits per heavy atom. The Labute approximate surface area is 144 Å².